The van der Waals surface area contributed by atoms with Gasteiger partial charge in [0.2, 0.25) is 0 Å². The largest absolute Gasteiger partial charge is 0.446 e. The van der Waals surface area contributed by atoms with E-state index in [-0.39, 0.29) is 31.3 Å². The van der Waals surface area contributed by atoms with E-state index < -0.39 is 65.1 Å². The van der Waals surface area contributed by atoms with Gasteiger partial charge in [-0.1, -0.05) is 12.1 Å². The molecule has 2 fully saturated rings. The van der Waals surface area contributed by atoms with Gasteiger partial charge < -0.3 is 25.6 Å². The molecule has 2 aromatic rings. The number of halogens is 7. The zero-order chi connectivity index (χ0) is 33.3. The molecule has 5 amide bonds. The van der Waals surface area contributed by atoms with E-state index in [0.29, 0.717) is 48.3 Å². The molecule has 1 heterocycles. The van der Waals surface area contributed by atoms with Gasteiger partial charge in [0.05, 0.1) is 17.2 Å². The molecule has 0 unspecified atom stereocenters. The molecular weight excluding hydrogens is 615 g/mol. The van der Waals surface area contributed by atoms with Gasteiger partial charge in [0.1, 0.15) is 11.9 Å². The van der Waals surface area contributed by atoms with E-state index >= 15 is 0 Å². The van der Waals surface area contributed by atoms with Crippen LogP contribution in [0.25, 0.3) is 0 Å². The van der Waals surface area contributed by atoms with Crippen molar-refractivity contribution >= 4 is 23.8 Å². The van der Waals surface area contributed by atoms with E-state index in [2.05, 4.69) is 5.32 Å². The van der Waals surface area contributed by atoms with Gasteiger partial charge in [-0.3, -0.25) is 4.90 Å². The lowest BCUT2D eigenvalue weighted by Gasteiger charge is -2.33. The van der Waals surface area contributed by atoms with Gasteiger partial charge in [-0.25, -0.2) is 18.8 Å². The number of urea groups is 2. The Hall–Kier alpha value is -4.24. The molecule has 2 aliphatic rings. The van der Waals surface area contributed by atoms with Gasteiger partial charge in [0.25, 0.3) is 0 Å². The van der Waals surface area contributed by atoms with Crippen LogP contribution in [0.15, 0.2) is 42.5 Å². The summed E-state index contributed by atoms with van der Waals surface area (Å²) in [6.45, 7) is 0.0614. The van der Waals surface area contributed by atoms with Crippen molar-refractivity contribution in [2.24, 2.45) is 5.73 Å². The molecule has 1 aliphatic heterocycles. The molecule has 1 aliphatic carbocycles. The fourth-order valence-electron chi connectivity index (χ4n) is 5.76. The van der Waals surface area contributed by atoms with Gasteiger partial charge in [0, 0.05) is 44.8 Å². The first-order chi connectivity index (χ1) is 20.9. The molecular formula is C29H32F7N5O4. The van der Waals surface area contributed by atoms with Crippen LogP contribution in [0.3, 0.4) is 0 Å². The van der Waals surface area contributed by atoms with Crippen molar-refractivity contribution in [3.05, 3.63) is 65.0 Å². The van der Waals surface area contributed by atoms with E-state index in [0.717, 1.165) is 11.9 Å². The minimum atomic E-state index is -5.10. The molecule has 9 nitrogen and oxygen atoms in total. The number of hydrogen-bond acceptors (Lipinski definition) is 4. The molecule has 45 heavy (non-hydrogen) atoms. The third-order valence-corrected chi connectivity index (χ3v) is 8.20. The average molecular weight is 648 g/mol. The SMILES string of the molecule is CN(C(=O)N(C)[C@@H]1CN(C(=O)NC2CCC(OC(N)=O)CC2)C[C@H]1c1ccc(F)cc1)c1cc(C(F)(F)F)cc(C(F)(F)F)c1. The number of likely N-dealkylation sites (tertiary alicyclic amines) is 1. The maximum absolute atomic E-state index is 13.7. The highest BCUT2D eigenvalue weighted by molar-refractivity contribution is 5.92. The van der Waals surface area contributed by atoms with Gasteiger partial charge >= 0.3 is 30.5 Å². The van der Waals surface area contributed by atoms with Crippen molar-refractivity contribution in [1.82, 2.24) is 15.1 Å². The number of primary amides is 1. The Morgan fingerprint density at radius 3 is 1.96 bits per heavy atom. The van der Waals surface area contributed by atoms with E-state index in [4.69, 9.17) is 10.5 Å². The number of rotatable bonds is 5. The van der Waals surface area contributed by atoms with E-state index in [1.807, 2.05) is 0 Å². The Labute approximate surface area is 254 Å². The van der Waals surface area contributed by atoms with Gasteiger partial charge in [-0.05, 0) is 61.6 Å². The smallest absolute Gasteiger partial charge is 0.416 e. The maximum Gasteiger partial charge on any atom is 0.416 e. The van der Waals surface area contributed by atoms with Crippen molar-refractivity contribution < 1.29 is 49.9 Å². The van der Waals surface area contributed by atoms with Crippen LogP contribution in [0, 0.1) is 5.82 Å². The topological polar surface area (TPSA) is 108 Å². The van der Waals surface area contributed by atoms with Crippen LogP contribution in [-0.2, 0) is 17.1 Å². The van der Waals surface area contributed by atoms with Gasteiger partial charge in [0.15, 0.2) is 0 Å². The number of amides is 5. The summed E-state index contributed by atoms with van der Waals surface area (Å²) in [4.78, 5) is 41.1. The minimum absolute atomic E-state index is 0.0270. The van der Waals surface area contributed by atoms with Gasteiger partial charge in [-0.2, -0.15) is 26.3 Å². The van der Waals surface area contributed by atoms with Crippen LogP contribution < -0.4 is 16.0 Å². The van der Waals surface area contributed by atoms with Crippen LogP contribution in [0.1, 0.15) is 48.3 Å². The number of alkyl halides is 6. The highest BCUT2D eigenvalue weighted by Gasteiger charge is 2.42. The number of nitrogens with one attached hydrogen (secondary N) is 1. The lowest BCUT2D eigenvalue weighted by molar-refractivity contribution is -0.143. The zero-order valence-corrected chi connectivity index (χ0v) is 24.3. The highest BCUT2D eigenvalue weighted by atomic mass is 19.4. The molecule has 246 valence electrons. The molecule has 2 atom stereocenters. The number of nitrogens with zero attached hydrogens (tertiary/aromatic N) is 3. The molecule has 1 saturated carbocycles. The maximum atomic E-state index is 13.7. The molecule has 0 radical (unpaired) electrons. The Kier molecular flexibility index (Phi) is 9.73. The number of ether oxygens (including phenoxy) is 1. The second kappa shape index (κ2) is 13.0. The molecule has 0 spiro atoms. The van der Waals surface area contributed by atoms with Crippen LogP contribution in [0.2, 0.25) is 0 Å². The van der Waals surface area contributed by atoms with Crippen LogP contribution in [0.5, 0.6) is 0 Å². The summed E-state index contributed by atoms with van der Waals surface area (Å²) in [7, 11) is 2.39. The number of carbonyl (C=O) groups excluding carboxylic acids is 3. The summed E-state index contributed by atoms with van der Waals surface area (Å²) in [6, 6.07) is 3.88. The number of anilines is 1. The lowest BCUT2D eigenvalue weighted by atomic mass is 9.93. The van der Waals surface area contributed by atoms with Crippen molar-refractivity contribution in [2.45, 2.75) is 62.1 Å². The van der Waals surface area contributed by atoms with E-state index in [1.165, 1.54) is 36.2 Å². The predicted molar refractivity (Wildman–Crippen MR) is 148 cm³/mol. The molecule has 16 heteroatoms. The first-order valence-electron chi connectivity index (χ1n) is 14.0. The molecule has 0 aromatic heterocycles. The molecule has 0 bridgehead atoms. The van der Waals surface area contributed by atoms with Crippen LogP contribution in [-0.4, -0.2) is 73.3 Å². The lowest BCUT2D eigenvalue weighted by Crippen LogP contribution is -2.49. The summed E-state index contributed by atoms with van der Waals surface area (Å²) in [5.41, 5.74) is 1.87. The number of likely N-dealkylation sites (N-methyl/N-ethyl adjacent to an activating group) is 1. The monoisotopic (exact) mass is 647 g/mol. The summed E-state index contributed by atoms with van der Waals surface area (Å²) < 4.78 is 99.4. The van der Waals surface area contributed by atoms with E-state index in [9.17, 15) is 45.1 Å². The normalized spacial score (nSPS) is 22.1. The number of benzene rings is 2. The third kappa shape index (κ3) is 8.08. The average Bonchev–Trinajstić information content (AvgIpc) is 3.42. The fraction of sp³-hybridized carbons (Fsp3) is 0.483. The van der Waals surface area contributed by atoms with E-state index in [1.54, 1.807) is 0 Å². The minimum Gasteiger partial charge on any atom is -0.446 e. The quantitative estimate of drug-likeness (QED) is 0.392. The van der Waals surface area contributed by atoms with Crippen molar-refractivity contribution in [2.75, 3.05) is 32.1 Å². The fourth-order valence-corrected chi connectivity index (χ4v) is 5.76. The number of hydrogen-bond donors (Lipinski definition) is 2. The number of carbonyl (C=O) groups is 3. The molecule has 2 aromatic carbocycles. The molecule has 3 N–H and O–H groups in total. The van der Waals surface area contributed by atoms with Crippen LogP contribution >= 0.6 is 0 Å². The summed E-state index contributed by atoms with van der Waals surface area (Å²) in [6.07, 6.45) is -9.43. The zero-order valence-electron chi connectivity index (χ0n) is 24.3. The summed E-state index contributed by atoms with van der Waals surface area (Å²) >= 11 is 0. The Morgan fingerprint density at radius 2 is 1.44 bits per heavy atom. The standard InChI is InChI=1S/C29H32F7N5O4/c1-39(21-12-17(28(31,32)33)11-18(13-21)29(34,35)36)27(44)40(2)24-15-41(14-23(24)16-3-5-19(30)6-4-16)26(43)38-20-7-9-22(10-8-20)45-25(37)42/h3-6,11-13,20,22-24H,7-10,14-15H2,1-2H3,(H2,37,42)(H,38,43)/t20?,22?,23-,24+/m0/s1. The predicted octanol–water partition coefficient (Wildman–Crippen LogP) is 5.94. The Bertz CT molecular complexity index is 1360. The molecule has 1 saturated heterocycles. The summed E-state index contributed by atoms with van der Waals surface area (Å²) in [5.74, 6) is -1.08. The number of nitrogens with two attached hydrogens (primary N) is 1. The third-order valence-electron chi connectivity index (χ3n) is 8.20. The first kappa shape index (κ1) is 33.6. The van der Waals surface area contributed by atoms with Crippen molar-refractivity contribution in [3.63, 3.8) is 0 Å². The second-order valence-electron chi connectivity index (χ2n) is 11.2. The van der Waals surface area contributed by atoms with Gasteiger partial charge in [-0.15, -0.1) is 0 Å². The first-order valence-corrected chi connectivity index (χ1v) is 14.0. The highest BCUT2D eigenvalue weighted by Crippen LogP contribution is 2.39. The second-order valence-corrected chi connectivity index (χ2v) is 11.2. The Morgan fingerprint density at radius 1 is 0.889 bits per heavy atom. The van der Waals surface area contributed by atoms with Crippen molar-refractivity contribution in [3.8, 4) is 0 Å². The summed E-state index contributed by atoms with van der Waals surface area (Å²) in [5, 5.41) is 2.92. The van der Waals surface area contributed by atoms with Crippen LogP contribution in [0.4, 0.5) is 50.8 Å². The molecule has 4 rings (SSSR count). The van der Waals surface area contributed by atoms with Crippen molar-refractivity contribution in [1.29, 1.82) is 0 Å². The Balaban J connectivity index is 1.55.